The number of halogens is 2. The highest BCUT2D eigenvalue weighted by molar-refractivity contribution is 5.78. The van der Waals surface area contributed by atoms with Crippen LogP contribution in [0.5, 0.6) is 0 Å². The summed E-state index contributed by atoms with van der Waals surface area (Å²) in [5.74, 6) is -1.63. The van der Waals surface area contributed by atoms with Crippen molar-refractivity contribution in [1.29, 1.82) is 0 Å². The number of rotatable bonds is 4. The number of benzene rings is 1. The molecule has 1 aromatic carbocycles. The Kier molecular flexibility index (Phi) is 3.74. The Hall–Kier alpha value is -2.44. The number of hydrogen-bond donors (Lipinski definition) is 3. The van der Waals surface area contributed by atoms with Crippen LogP contribution in [0.4, 0.5) is 14.6 Å². The van der Waals surface area contributed by atoms with Gasteiger partial charge in [0, 0.05) is 17.7 Å². The summed E-state index contributed by atoms with van der Waals surface area (Å²) in [5.41, 5.74) is 5.90. The number of anilines is 1. The number of nitrogen functional groups attached to an aromatic ring is 1. The molecular formula is C12H12F2N4O. The van der Waals surface area contributed by atoms with Gasteiger partial charge in [0.25, 0.3) is 0 Å². The van der Waals surface area contributed by atoms with Gasteiger partial charge in [-0.05, 0) is 12.1 Å². The number of hydrogen-bond acceptors (Lipinski definition) is 3. The van der Waals surface area contributed by atoms with Crippen LogP contribution in [0.3, 0.4) is 0 Å². The van der Waals surface area contributed by atoms with Gasteiger partial charge in [-0.1, -0.05) is 6.07 Å². The van der Waals surface area contributed by atoms with E-state index in [4.69, 9.17) is 5.73 Å². The Morgan fingerprint density at radius 3 is 2.63 bits per heavy atom. The van der Waals surface area contributed by atoms with Gasteiger partial charge in [-0.2, -0.15) is 5.10 Å². The average molecular weight is 266 g/mol. The number of H-pyrrole nitrogens is 1. The lowest BCUT2D eigenvalue weighted by Gasteiger charge is -2.06. The number of nitrogens with one attached hydrogen (secondary N) is 2. The Labute approximate surface area is 107 Å². The molecule has 0 bridgehead atoms. The number of carbonyl (C=O) groups is 1. The molecule has 4 N–H and O–H groups in total. The number of carbonyl (C=O) groups excluding carboxylic acids is 1. The molecule has 1 heterocycles. The monoisotopic (exact) mass is 266 g/mol. The molecule has 19 heavy (non-hydrogen) atoms. The van der Waals surface area contributed by atoms with Crippen molar-refractivity contribution in [2.45, 2.75) is 13.0 Å². The van der Waals surface area contributed by atoms with Gasteiger partial charge in [-0.25, -0.2) is 8.78 Å². The molecule has 0 unspecified atom stereocenters. The second-order valence-electron chi connectivity index (χ2n) is 3.96. The van der Waals surface area contributed by atoms with Crippen LogP contribution >= 0.6 is 0 Å². The van der Waals surface area contributed by atoms with Gasteiger partial charge in [0.05, 0.1) is 12.6 Å². The first-order chi connectivity index (χ1) is 9.08. The highest BCUT2D eigenvalue weighted by Crippen LogP contribution is 2.12. The Bertz CT molecular complexity index is 577. The molecule has 0 atom stereocenters. The summed E-state index contributed by atoms with van der Waals surface area (Å²) in [5, 5.41) is 8.72. The average Bonchev–Trinajstić information content (AvgIpc) is 2.77. The van der Waals surface area contributed by atoms with Gasteiger partial charge in [0.2, 0.25) is 5.91 Å². The van der Waals surface area contributed by atoms with Crippen LogP contribution in [0.1, 0.15) is 11.1 Å². The van der Waals surface area contributed by atoms with Gasteiger partial charge < -0.3 is 11.1 Å². The van der Waals surface area contributed by atoms with Crippen LogP contribution in [-0.4, -0.2) is 16.1 Å². The van der Waals surface area contributed by atoms with Crippen molar-refractivity contribution in [3.05, 3.63) is 47.2 Å². The zero-order chi connectivity index (χ0) is 13.8. The third-order valence-electron chi connectivity index (χ3n) is 2.63. The lowest BCUT2D eigenvalue weighted by molar-refractivity contribution is -0.120. The molecule has 1 aromatic heterocycles. The van der Waals surface area contributed by atoms with E-state index in [1.54, 1.807) is 0 Å². The van der Waals surface area contributed by atoms with Crippen LogP contribution < -0.4 is 11.1 Å². The van der Waals surface area contributed by atoms with Crippen molar-refractivity contribution in [2.75, 3.05) is 5.73 Å². The fourth-order valence-electron chi connectivity index (χ4n) is 1.58. The topological polar surface area (TPSA) is 83.8 Å². The molecule has 0 saturated carbocycles. The van der Waals surface area contributed by atoms with Crippen molar-refractivity contribution >= 4 is 11.7 Å². The predicted octanol–water partition coefficient (Wildman–Crippen LogP) is 1.13. The zero-order valence-corrected chi connectivity index (χ0v) is 9.91. The quantitative estimate of drug-likeness (QED) is 0.775. The highest BCUT2D eigenvalue weighted by atomic mass is 19.1. The Balaban J connectivity index is 1.97. The standard InChI is InChI=1S/C12H12F2N4O/c13-9-2-1-3-10(14)8(9)4-11(19)16-5-7-6-17-18-12(7)15/h1-3,6H,4-5H2,(H,16,19)(H3,15,17,18). The summed E-state index contributed by atoms with van der Waals surface area (Å²) >= 11 is 0. The van der Waals surface area contributed by atoms with E-state index in [9.17, 15) is 13.6 Å². The van der Waals surface area contributed by atoms with Gasteiger partial charge in [0.1, 0.15) is 17.5 Å². The molecule has 100 valence electrons. The van der Waals surface area contributed by atoms with Crippen LogP contribution in [0.15, 0.2) is 24.4 Å². The van der Waals surface area contributed by atoms with E-state index < -0.39 is 17.5 Å². The first-order valence-corrected chi connectivity index (χ1v) is 5.55. The maximum atomic E-state index is 13.3. The largest absolute Gasteiger partial charge is 0.384 e. The molecule has 7 heteroatoms. The summed E-state index contributed by atoms with van der Waals surface area (Å²) in [6.45, 7) is 0.150. The molecule has 0 saturated heterocycles. The van der Waals surface area contributed by atoms with Gasteiger partial charge in [-0.3, -0.25) is 9.89 Å². The molecule has 0 fully saturated rings. The SMILES string of the molecule is Nc1[nH]ncc1CNC(=O)Cc1c(F)cccc1F. The van der Waals surface area contributed by atoms with E-state index in [-0.39, 0.29) is 18.5 Å². The molecular weight excluding hydrogens is 254 g/mol. The van der Waals surface area contributed by atoms with E-state index >= 15 is 0 Å². The van der Waals surface area contributed by atoms with E-state index in [0.717, 1.165) is 12.1 Å². The van der Waals surface area contributed by atoms with E-state index in [2.05, 4.69) is 15.5 Å². The summed E-state index contributed by atoms with van der Waals surface area (Å²) in [7, 11) is 0. The van der Waals surface area contributed by atoms with Gasteiger partial charge in [0.15, 0.2) is 0 Å². The maximum absolute atomic E-state index is 13.3. The lowest BCUT2D eigenvalue weighted by atomic mass is 10.1. The molecule has 2 aromatic rings. The summed E-state index contributed by atoms with van der Waals surface area (Å²) in [6.07, 6.45) is 1.11. The fraction of sp³-hybridized carbons (Fsp3) is 0.167. The first kappa shape index (κ1) is 13.0. The zero-order valence-electron chi connectivity index (χ0n) is 9.91. The minimum absolute atomic E-state index is 0.150. The van der Waals surface area contributed by atoms with Crippen molar-refractivity contribution in [3.63, 3.8) is 0 Å². The van der Waals surface area contributed by atoms with Crippen LogP contribution in [0.25, 0.3) is 0 Å². The number of nitrogens with zero attached hydrogens (tertiary/aromatic N) is 1. The third-order valence-corrected chi connectivity index (χ3v) is 2.63. The molecule has 0 radical (unpaired) electrons. The van der Waals surface area contributed by atoms with Crippen molar-refractivity contribution in [1.82, 2.24) is 15.5 Å². The lowest BCUT2D eigenvalue weighted by Crippen LogP contribution is -2.25. The molecule has 5 nitrogen and oxygen atoms in total. The van der Waals surface area contributed by atoms with Crippen LogP contribution in [0, 0.1) is 11.6 Å². The van der Waals surface area contributed by atoms with Crippen LogP contribution in [0.2, 0.25) is 0 Å². The first-order valence-electron chi connectivity index (χ1n) is 5.55. The normalized spacial score (nSPS) is 10.4. The number of aromatic amines is 1. The maximum Gasteiger partial charge on any atom is 0.224 e. The second-order valence-corrected chi connectivity index (χ2v) is 3.96. The molecule has 0 aliphatic rings. The summed E-state index contributed by atoms with van der Waals surface area (Å²) in [6, 6.07) is 3.47. The van der Waals surface area contributed by atoms with E-state index in [1.807, 2.05) is 0 Å². The number of aromatic nitrogens is 2. The molecule has 1 amide bonds. The number of amides is 1. The Morgan fingerprint density at radius 1 is 1.37 bits per heavy atom. The number of nitrogens with two attached hydrogens (primary N) is 1. The minimum atomic E-state index is -0.738. The van der Waals surface area contributed by atoms with Crippen LogP contribution in [-0.2, 0) is 17.8 Å². The third kappa shape index (κ3) is 3.06. The molecule has 0 aliphatic carbocycles. The van der Waals surface area contributed by atoms with E-state index in [0.29, 0.717) is 11.4 Å². The fourth-order valence-corrected chi connectivity index (χ4v) is 1.58. The van der Waals surface area contributed by atoms with E-state index in [1.165, 1.54) is 12.3 Å². The minimum Gasteiger partial charge on any atom is -0.384 e. The van der Waals surface area contributed by atoms with Crippen molar-refractivity contribution in [2.24, 2.45) is 0 Å². The Morgan fingerprint density at radius 2 is 2.05 bits per heavy atom. The molecule has 2 rings (SSSR count). The molecule has 0 spiro atoms. The van der Waals surface area contributed by atoms with Gasteiger partial charge >= 0.3 is 0 Å². The summed E-state index contributed by atoms with van der Waals surface area (Å²) in [4.78, 5) is 11.6. The summed E-state index contributed by atoms with van der Waals surface area (Å²) < 4.78 is 26.7. The predicted molar refractivity (Wildman–Crippen MR) is 64.9 cm³/mol. The van der Waals surface area contributed by atoms with Gasteiger partial charge in [-0.15, -0.1) is 0 Å². The second kappa shape index (κ2) is 5.47. The smallest absolute Gasteiger partial charge is 0.224 e. The highest BCUT2D eigenvalue weighted by Gasteiger charge is 2.13. The van der Waals surface area contributed by atoms with Crippen molar-refractivity contribution < 1.29 is 13.6 Å². The van der Waals surface area contributed by atoms with Crippen molar-refractivity contribution in [3.8, 4) is 0 Å². The molecule has 0 aliphatic heterocycles.